The molecule has 19 heavy (non-hydrogen) atoms. The van der Waals surface area contributed by atoms with Crippen molar-refractivity contribution in [3.63, 3.8) is 0 Å². The molecule has 2 rings (SSSR count). The van der Waals surface area contributed by atoms with Crippen LogP contribution < -0.4 is 0 Å². The molecule has 0 spiro atoms. The van der Waals surface area contributed by atoms with Crippen molar-refractivity contribution in [3.8, 4) is 11.4 Å². The van der Waals surface area contributed by atoms with Gasteiger partial charge in [0.05, 0.1) is 29.7 Å². The van der Waals surface area contributed by atoms with Gasteiger partial charge < -0.3 is 9.15 Å². The van der Waals surface area contributed by atoms with Crippen molar-refractivity contribution in [2.24, 2.45) is 0 Å². The summed E-state index contributed by atoms with van der Waals surface area (Å²) >= 11 is 0. The van der Waals surface area contributed by atoms with Gasteiger partial charge in [0, 0.05) is 6.20 Å². The number of rotatable bonds is 4. The molecule has 0 atom stereocenters. The van der Waals surface area contributed by atoms with Crippen LogP contribution >= 0.6 is 0 Å². The van der Waals surface area contributed by atoms with Crippen molar-refractivity contribution in [2.45, 2.75) is 26.7 Å². The Balaban J connectivity index is 2.44. The van der Waals surface area contributed by atoms with Gasteiger partial charge in [-0.2, -0.15) is 0 Å². The Kier molecular flexibility index (Phi) is 3.94. The maximum absolute atomic E-state index is 11.8. The Morgan fingerprint density at radius 2 is 2.26 bits per heavy atom. The average Bonchev–Trinajstić information content (AvgIpc) is 2.92. The summed E-state index contributed by atoms with van der Waals surface area (Å²) in [4.78, 5) is 20.5. The Morgan fingerprint density at radius 1 is 1.47 bits per heavy atom. The van der Waals surface area contributed by atoms with Gasteiger partial charge in [0.15, 0.2) is 5.82 Å². The Bertz CT molecular complexity index is 562. The van der Waals surface area contributed by atoms with E-state index in [0.717, 1.165) is 5.56 Å². The topological polar surface area (TPSA) is 65.2 Å². The van der Waals surface area contributed by atoms with Gasteiger partial charge >= 0.3 is 5.97 Å². The molecule has 0 bridgehead atoms. The first kappa shape index (κ1) is 13.3. The summed E-state index contributed by atoms with van der Waals surface area (Å²) in [5.41, 5.74) is 1.89. The molecule has 2 heterocycles. The highest BCUT2D eigenvalue weighted by atomic mass is 16.5. The lowest BCUT2D eigenvalue weighted by atomic mass is 10.0. The Hall–Kier alpha value is -2.17. The average molecular weight is 260 g/mol. The smallest absolute Gasteiger partial charge is 0.341 e. The summed E-state index contributed by atoms with van der Waals surface area (Å²) in [6, 6.07) is 1.78. The third-order valence-corrected chi connectivity index (χ3v) is 2.64. The van der Waals surface area contributed by atoms with E-state index in [1.807, 2.05) is 13.8 Å². The second-order valence-electron chi connectivity index (χ2n) is 4.38. The highest BCUT2D eigenvalue weighted by Gasteiger charge is 2.18. The third kappa shape index (κ3) is 2.81. The number of hydrogen-bond acceptors (Lipinski definition) is 5. The maximum atomic E-state index is 11.8. The number of aromatic nitrogens is 2. The van der Waals surface area contributed by atoms with Gasteiger partial charge in [0.2, 0.25) is 0 Å². The van der Waals surface area contributed by atoms with E-state index < -0.39 is 0 Å². The Labute approximate surface area is 111 Å². The van der Waals surface area contributed by atoms with Crippen LogP contribution in [0.3, 0.4) is 0 Å². The van der Waals surface area contributed by atoms with Crippen LogP contribution in [0.4, 0.5) is 0 Å². The Morgan fingerprint density at radius 3 is 2.84 bits per heavy atom. The summed E-state index contributed by atoms with van der Waals surface area (Å²) in [7, 11) is 0. The summed E-state index contributed by atoms with van der Waals surface area (Å²) < 4.78 is 10.0. The van der Waals surface area contributed by atoms with Crippen molar-refractivity contribution < 1.29 is 13.9 Å². The van der Waals surface area contributed by atoms with E-state index in [4.69, 9.17) is 9.15 Å². The number of carbonyl (C=O) groups is 1. The van der Waals surface area contributed by atoms with Gasteiger partial charge in [0.1, 0.15) is 6.26 Å². The first-order chi connectivity index (χ1) is 9.13. The lowest BCUT2D eigenvalue weighted by Gasteiger charge is -2.11. The quantitative estimate of drug-likeness (QED) is 0.790. The number of ether oxygens (including phenoxy) is 1. The molecule has 0 amide bonds. The van der Waals surface area contributed by atoms with Gasteiger partial charge in [-0.05, 0) is 18.9 Å². The molecule has 2 aromatic heterocycles. The molecular weight excluding hydrogens is 244 g/mol. The lowest BCUT2D eigenvalue weighted by Crippen LogP contribution is -2.12. The molecule has 0 aliphatic heterocycles. The minimum atomic E-state index is -0.384. The first-order valence-electron chi connectivity index (χ1n) is 6.20. The number of esters is 1. The van der Waals surface area contributed by atoms with Gasteiger partial charge in [-0.25, -0.2) is 14.8 Å². The largest absolute Gasteiger partial charge is 0.472 e. The molecule has 0 N–H and O–H groups in total. The molecule has 5 heteroatoms. The fraction of sp³-hybridized carbons (Fsp3) is 0.357. The first-order valence-corrected chi connectivity index (χ1v) is 6.20. The highest BCUT2D eigenvalue weighted by molar-refractivity contribution is 5.90. The van der Waals surface area contributed by atoms with Crippen LogP contribution in [-0.4, -0.2) is 22.5 Å². The molecule has 2 aromatic rings. The monoisotopic (exact) mass is 260 g/mol. The number of nitrogens with zero attached hydrogens (tertiary/aromatic N) is 2. The molecular formula is C14H16N2O3. The third-order valence-electron chi connectivity index (χ3n) is 2.64. The van der Waals surface area contributed by atoms with Gasteiger partial charge in [0.25, 0.3) is 0 Å². The van der Waals surface area contributed by atoms with Crippen molar-refractivity contribution in [1.29, 1.82) is 0 Å². The van der Waals surface area contributed by atoms with Crippen LogP contribution in [-0.2, 0) is 4.74 Å². The molecule has 0 fully saturated rings. The molecule has 0 unspecified atom stereocenters. The summed E-state index contributed by atoms with van der Waals surface area (Å²) in [5, 5.41) is 0. The highest BCUT2D eigenvalue weighted by Crippen LogP contribution is 2.22. The van der Waals surface area contributed by atoms with E-state index in [0.29, 0.717) is 23.7 Å². The summed E-state index contributed by atoms with van der Waals surface area (Å²) in [6.07, 6.45) is 4.65. The van der Waals surface area contributed by atoms with Crippen molar-refractivity contribution in [2.75, 3.05) is 6.61 Å². The predicted molar refractivity (Wildman–Crippen MR) is 69.8 cm³/mol. The molecule has 0 aromatic carbocycles. The molecule has 0 saturated heterocycles. The maximum Gasteiger partial charge on any atom is 0.341 e. The SMILES string of the molecule is CCOC(=O)c1cnc(-c2ccoc2)nc1C(C)C. The summed E-state index contributed by atoms with van der Waals surface area (Å²) in [6.45, 7) is 6.06. The molecule has 0 aliphatic rings. The zero-order valence-corrected chi connectivity index (χ0v) is 11.2. The van der Waals surface area contributed by atoms with Crippen LogP contribution in [0.5, 0.6) is 0 Å². The van der Waals surface area contributed by atoms with E-state index in [2.05, 4.69) is 9.97 Å². The van der Waals surface area contributed by atoms with Crippen LogP contribution in [0.1, 0.15) is 42.7 Å². The fourth-order valence-electron chi connectivity index (χ4n) is 1.73. The van der Waals surface area contributed by atoms with E-state index in [1.165, 1.54) is 6.20 Å². The standard InChI is InChI=1S/C14H16N2O3/c1-4-19-14(17)11-7-15-13(10-5-6-18-8-10)16-12(11)9(2)3/h5-9H,4H2,1-3H3. The predicted octanol–water partition coefficient (Wildman–Crippen LogP) is 3.04. The van der Waals surface area contributed by atoms with Crippen LogP contribution in [0.25, 0.3) is 11.4 Å². The van der Waals surface area contributed by atoms with Gasteiger partial charge in [-0.3, -0.25) is 0 Å². The van der Waals surface area contributed by atoms with E-state index in [1.54, 1.807) is 25.5 Å². The minimum absolute atomic E-state index is 0.105. The minimum Gasteiger partial charge on any atom is -0.472 e. The molecule has 0 saturated carbocycles. The summed E-state index contributed by atoms with van der Waals surface area (Å²) in [5.74, 6) is 0.267. The van der Waals surface area contributed by atoms with Gasteiger partial charge in [-0.15, -0.1) is 0 Å². The number of furan rings is 1. The zero-order valence-electron chi connectivity index (χ0n) is 11.2. The number of carbonyl (C=O) groups excluding carboxylic acids is 1. The van der Waals surface area contributed by atoms with E-state index in [9.17, 15) is 4.79 Å². The molecule has 0 aliphatic carbocycles. The van der Waals surface area contributed by atoms with E-state index >= 15 is 0 Å². The second-order valence-corrected chi connectivity index (χ2v) is 4.38. The van der Waals surface area contributed by atoms with Crippen LogP contribution in [0.2, 0.25) is 0 Å². The fourth-order valence-corrected chi connectivity index (χ4v) is 1.73. The van der Waals surface area contributed by atoms with Crippen LogP contribution in [0, 0.1) is 0 Å². The molecule has 0 radical (unpaired) electrons. The van der Waals surface area contributed by atoms with Crippen molar-refractivity contribution in [1.82, 2.24) is 9.97 Å². The zero-order chi connectivity index (χ0) is 13.8. The van der Waals surface area contributed by atoms with Crippen molar-refractivity contribution >= 4 is 5.97 Å². The second kappa shape index (κ2) is 5.65. The molecule has 5 nitrogen and oxygen atoms in total. The molecule has 100 valence electrons. The lowest BCUT2D eigenvalue weighted by molar-refractivity contribution is 0.0523. The van der Waals surface area contributed by atoms with Crippen molar-refractivity contribution in [3.05, 3.63) is 36.0 Å². The van der Waals surface area contributed by atoms with Crippen LogP contribution in [0.15, 0.2) is 29.2 Å². The normalized spacial score (nSPS) is 10.7. The number of hydrogen-bond donors (Lipinski definition) is 0. The van der Waals surface area contributed by atoms with Gasteiger partial charge in [-0.1, -0.05) is 13.8 Å². The van der Waals surface area contributed by atoms with E-state index in [-0.39, 0.29) is 11.9 Å².